The van der Waals surface area contributed by atoms with E-state index in [1.54, 1.807) is 7.11 Å². The number of β-amino-alcohol motifs (C(OH)–C–C–N with tert-alkyl or cyclic N) is 1. The van der Waals surface area contributed by atoms with Crippen LogP contribution in [0.5, 0.6) is 0 Å². The van der Waals surface area contributed by atoms with Gasteiger partial charge in [-0.1, -0.05) is 0 Å². The van der Waals surface area contributed by atoms with Crippen LogP contribution in [0.3, 0.4) is 0 Å². The zero-order valence-corrected chi connectivity index (χ0v) is 8.28. The number of aliphatic hydroxyl groups is 1. The SMILES string of the molecule is COCC1CCN(CC(O)CN)C1. The third kappa shape index (κ3) is 3.60. The van der Waals surface area contributed by atoms with Crippen LogP contribution < -0.4 is 5.73 Å². The fourth-order valence-corrected chi connectivity index (χ4v) is 1.82. The number of nitrogens with zero attached hydrogens (tertiary/aromatic N) is 1. The molecule has 3 N–H and O–H groups in total. The first-order chi connectivity index (χ1) is 6.26. The first-order valence-corrected chi connectivity index (χ1v) is 4.85. The monoisotopic (exact) mass is 188 g/mol. The molecule has 0 saturated carbocycles. The summed E-state index contributed by atoms with van der Waals surface area (Å²) in [6, 6.07) is 0. The molecule has 0 aromatic carbocycles. The molecule has 0 bridgehead atoms. The summed E-state index contributed by atoms with van der Waals surface area (Å²) in [5.41, 5.74) is 5.34. The Kier molecular flexibility index (Phi) is 4.66. The Bertz CT molecular complexity index is 144. The Morgan fingerprint density at radius 2 is 2.46 bits per heavy atom. The maximum absolute atomic E-state index is 9.34. The number of ether oxygens (including phenoxy) is 1. The zero-order chi connectivity index (χ0) is 9.68. The van der Waals surface area contributed by atoms with Gasteiger partial charge in [0.25, 0.3) is 0 Å². The summed E-state index contributed by atoms with van der Waals surface area (Å²) in [5, 5.41) is 9.34. The molecule has 4 heteroatoms. The van der Waals surface area contributed by atoms with Gasteiger partial charge in [0, 0.05) is 26.7 Å². The van der Waals surface area contributed by atoms with Crippen LogP contribution in [0.1, 0.15) is 6.42 Å². The van der Waals surface area contributed by atoms with E-state index in [9.17, 15) is 5.11 Å². The van der Waals surface area contributed by atoms with Crippen LogP contribution in [0.25, 0.3) is 0 Å². The van der Waals surface area contributed by atoms with Gasteiger partial charge < -0.3 is 20.5 Å². The summed E-state index contributed by atoms with van der Waals surface area (Å²) >= 11 is 0. The Hall–Kier alpha value is -0.160. The van der Waals surface area contributed by atoms with Crippen LogP contribution in [0.15, 0.2) is 0 Å². The maximum atomic E-state index is 9.34. The highest BCUT2D eigenvalue weighted by Crippen LogP contribution is 2.16. The third-order valence-corrected chi connectivity index (χ3v) is 2.51. The minimum atomic E-state index is -0.374. The van der Waals surface area contributed by atoms with Gasteiger partial charge in [0.15, 0.2) is 0 Å². The molecule has 78 valence electrons. The lowest BCUT2D eigenvalue weighted by Gasteiger charge is -2.18. The molecule has 0 aromatic heterocycles. The van der Waals surface area contributed by atoms with Crippen LogP contribution >= 0.6 is 0 Å². The summed E-state index contributed by atoms with van der Waals surface area (Å²) in [7, 11) is 1.73. The number of hydrogen-bond donors (Lipinski definition) is 2. The van der Waals surface area contributed by atoms with E-state index in [4.69, 9.17) is 10.5 Å². The van der Waals surface area contributed by atoms with Crippen molar-refractivity contribution < 1.29 is 9.84 Å². The van der Waals surface area contributed by atoms with E-state index in [0.717, 1.165) is 19.7 Å². The molecule has 0 aliphatic carbocycles. The minimum absolute atomic E-state index is 0.353. The van der Waals surface area contributed by atoms with Crippen LogP contribution in [0.2, 0.25) is 0 Å². The number of nitrogens with two attached hydrogens (primary N) is 1. The van der Waals surface area contributed by atoms with Crippen molar-refractivity contribution in [2.24, 2.45) is 11.7 Å². The molecule has 1 aliphatic heterocycles. The van der Waals surface area contributed by atoms with Crippen molar-refractivity contribution in [3.8, 4) is 0 Å². The molecule has 0 aromatic rings. The lowest BCUT2D eigenvalue weighted by Crippen LogP contribution is -2.35. The predicted octanol–water partition coefficient (Wildman–Crippen LogP) is -0.726. The van der Waals surface area contributed by atoms with Gasteiger partial charge in [0.1, 0.15) is 0 Å². The summed E-state index contributed by atoms with van der Waals surface area (Å²) in [5.74, 6) is 0.634. The summed E-state index contributed by atoms with van der Waals surface area (Å²) in [6.07, 6.45) is 0.798. The van der Waals surface area contributed by atoms with Crippen LogP contribution in [-0.2, 0) is 4.74 Å². The summed E-state index contributed by atoms with van der Waals surface area (Å²) < 4.78 is 5.09. The van der Waals surface area contributed by atoms with Crippen molar-refractivity contribution in [3.05, 3.63) is 0 Å². The van der Waals surface area contributed by atoms with Crippen molar-refractivity contribution in [3.63, 3.8) is 0 Å². The molecule has 2 unspecified atom stereocenters. The van der Waals surface area contributed by atoms with Crippen LogP contribution in [0, 0.1) is 5.92 Å². The molecule has 2 atom stereocenters. The van der Waals surface area contributed by atoms with Gasteiger partial charge in [-0.15, -0.1) is 0 Å². The number of rotatable bonds is 5. The topological polar surface area (TPSA) is 58.7 Å². The molecule has 0 spiro atoms. The number of methoxy groups -OCH3 is 1. The van der Waals surface area contributed by atoms with E-state index in [1.807, 2.05) is 0 Å². The van der Waals surface area contributed by atoms with Crippen molar-refractivity contribution in [1.82, 2.24) is 4.90 Å². The van der Waals surface area contributed by atoms with E-state index in [-0.39, 0.29) is 6.10 Å². The molecule has 13 heavy (non-hydrogen) atoms. The highest BCUT2D eigenvalue weighted by atomic mass is 16.5. The second-order valence-corrected chi connectivity index (χ2v) is 3.76. The minimum Gasteiger partial charge on any atom is -0.390 e. The number of hydrogen-bond acceptors (Lipinski definition) is 4. The first-order valence-electron chi connectivity index (χ1n) is 4.85. The van der Waals surface area contributed by atoms with E-state index in [2.05, 4.69) is 4.90 Å². The second kappa shape index (κ2) is 5.54. The predicted molar refractivity (Wildman–Crippen MR) is 51.5 cm³/mol. The standard InChI is InChI=1S/C9H20N2O2/c1-13-7-8-2-3-11(5-8)6-9(12)4-10/h8-9,12H,2-7,10H2,1H3. The van der Waals surface area contributed by atoms with Gasteiger partial charge in [-0.2, -0.15) is 0 Å². The average Bonchev–Trinajstić information content (AvgIpc) is 2.53. The van der Waals surface area contributed by atoms with Gasteiger partial charge in [-0.3, -0.25) is 0 Å². The molecule has 0 radical (unpaired) electrons. The normalized spacial score (nSPS) is 26.5. The van der Waals surface area contributed by atoms with Crippen molar-refractivity contribution in [1.29, 1.82) is 0 Å². The quantitative estimate of drug-likeness (QED) is 0.597. The molecule has 1 saturated heterocycles. The van der Waals surface area contributed by atoms with Gasteiger partial charge in [-0.05, 0) is 18.9 Å². The van der Waals surface area contributed by atoms with E-state index < -0.39 is 0 Å². The van der Waals surface area contributed by atoms with Crippen molar-refractivity contribution in [2.45, 2.75) is 12.5 Å². The molecular formula is C9H20N2O2. The van der Waals surface area contributed by atoms with E-state index in [1.165, 1.54) is 6.42 Å². The number of likely N-dealkylation sites (tertiary alicyclic amines) is 1. The smallest absolute Gasteiger partial charge is 0.0789 e. The van der Waals surface area contributed by atoms with E-state index >= 15 is 0 Å². The first kappa shape index (κ1) is 10.9. The number of aliphatic hydroxyl groups excluding tert-OH is 1. The lowest BCUT2D eigenvalue weighted by molar-refractivity contribution is 0.120. The van der Waals surface area contributed by atoms with Gasteiger partial charge >= 0.3 is 0 Å². The fourth-order valence-electron chi connectivity index (χ4n) is 1.82. The summed E-state index contributed by atoms with van der Waals surface area (Å²) in [6.45, 7) is 3.98. The molecule has 4 nitrogen and oxygen atoms in total. The van der Waals surface area contributed by atoms with Crippen LogP contribution in [-0.4, -0.2) is 56.0 Å². The molecule has 1 rings (SSSR count). The maximum Gasteiger partial charge on any atom is 0.0789 e. The highest BCUT2D eigenvalue weighted by molar-refractivity contribution is 4.77. The summed E-state index contributed by atoms with van der Waals surface area (Å²) in [4.78, 5) is 2.25. The molecule has 0 amide bonds. The second-order valence-electron chi connectivity index (χ2n) is 3.76. The third-order valence-electron chi connectivity index (χ3n) is 2.51. The Morgan fingerprint density at radius 1 is 1.69 bits per heavy atom. The van der Waals surface area contributed by atoms with Gasteiger partial charge in [0.05, 0.1) is 12.7 Å². The molecule has 1 fully saturated rings. The zero-order valence-electron chi connectivity index (χ0n) is 8.28. The highest BCUT2D eigenvalue weighted by Gasteiger charge is 2.23. The Balaban J connectivity index is 2.17. The van der Waals surface area contributed by atoms with Crippen molar-refractivity contribution in [2.75, 3.05) is 39.9 Å². The van der Waals surface area contributed by atoms with E-state index in [0.29, 0.717) is 19.0 Å². The molecule has 1 heterocycles. The Labute approximate surface area is 79.7 Å². The Morgan fingerprint density at radius 3 is 3.08 bits per heavy atom. The lowest BCUT2D eigenvalue weighted by atomic mass is 10.1. The van der Waals surface area contributed by atoms with Crippen molar-refractivity contribution >= 4 is 0 Å². The van der Waals surface area contributed by atoms with Crippen LogP contribution in [0.4, 0.5) is 0 Å². The molecule has 1 aliphatic rings. The molecular weight excluding hydrogens is 168 g/mol. The van der Waals surface area contributed by atoms with Gasteiger partial charge in [0.2, 0.25) is 0 Å². The largest absolute Gasteiger partial charge is 0.390 e. The fraction of sp³-hybridized carbons (Fsp3) is 1.00. The van der Waals surface area contributed by atoms with Gasteiger partial charge in [-0.25, -0.2) is 0 Å². The average molecular weight is 188 g/mol.